The maximum Gasteiger partial charge on any atom is -0.0262 e. The lowest BCUT2D eigenvalue weighted by Gasteiger charge is -2.15. The Bertz CT molecular complexity index is 325. The highest BCUT2D eigenvalue weighted by Crippen LogP contribution is 2.53. The van der Waals surface area contributed by atoms with Crippen LogP contribution in [-0.4, -0.2) is 0 Å². The first kappa shape index (κ1) is 19.5. The van der Waals surface area contributed by atoms with E-state index in [1.165, 1.54) is 44.9 Å². The van der Waals surface area contributed by atoms with Gasteiger partial charge in [0.1, 0.15) is 0 Å². The number of allylic oxidation sites excluding steroid dienone is 3. The topological polar surface area (TPSA) is 0 Å². The van der Waals surface area contributed by atoms with Crippen molar-refractivity contribution in [1.29, 1.82) is 0 Å². The van der Waals surface area contributed by atoms with Crippen molar-refractivity contribution >= 4 is 0 Å². The van der Waals surface area contributed by atoms with Gasteiger partial charge in [0, 0.05) is 0 Å². The Kier molecular flexibility index (Phi) is 9.13. The first-order valence-corrected chi connectivity index (χ1v) is 9.80. The molecule has 128 valence electrons. The highest BCUT2D eigenvalue weighted by Gasteiger charge is 2.46. The van der Waals surface area contributed by atoms with Crippen LogP contribution in [0, 0.1) is 35.5 Å². The molecule has 22 heavy (non-hydrogen) atoms. The molecule has 0 bridgehead atoms. The largest absolute Gasteiger partial charge is 0.103 e. The number of hydrogen-bond acceptors (Lipinski definition) is 0. The molecule has 0 heteroatoms. The second kappa shape index (κ2) is 10.3. The zero-order valence-electron chi connectivity index (χ0n) is 15.9. The van der Waals surface area contributed by atoms with E-state index in [0.717, 1.165) is 29.6 Å². The second-order valence-electron chi connectivity index (χ2n) is 8.04. The van der Waals surface area contributed by atoms with Crippen LogP contribution >= 0.6 is 0 Å². The van der Waals surface area contributed by atoms with Gasteiger partial charge in [-0.2, -0.15) is 0 Å². The fourth-order valence-corrected chi connectivity index (χ4v) is 4.03. The number of rotatable bonds is 12. The van der Waals surface area contributed by atoms with Gasteiger partial charge in [0.05, 0.1) is 0 Å². The van der Waals surface area contributed by atoms with E-state index in [-0.39, 0.29) is 0 Å². The summed E-state index contributed by atoms with van der Waals surface area (Å²) in [7, 11) is 0. The fraction of sp³-hybridized carbons (Fsp3) is 0.818. The average Bonchev–Trinajstić information content (AvgIpc) is 3.19. The molecule has 5 atom stereocenters. The van der Waals surface area contributed by atoms with Crippen molar-refractivity contribution in [2.24, 2.45) is 35.5 Å². The summed E-state index contributed by atoms with van der Waals surface area (Å²) in [6.07, 6.45) is 16.5. The van der Waals surface area contributed by atoms with Crippen LogP contribution in [-0.2, 0) is 0 Å². The summed E-state index contributed by atoms with van der Waals surface area (Å²) >= 11 is 0. The van der Waals surface area contributed by atoms with Crippen molar-refractivity contribution in [3.63, 3.8) is 0 Å². The molecular weight excluding hydrogens is 264 g/mol. The smallest absolute Gasteiger partial charge is 0.0262 e. The van der Waals surface area contributed by atoms with Gasteiger partial charge in [-0.3, -0.25) is 0 Å². The second-order valence-corrected chi connectivity index (χ2v) is 8.04. The summed E-state index contributed by atoms with van der Waals surface area (Å²) in [5.41, 5.74) is 0. The highest BCUT2D eigenvalue weighted by molar-refractivity contribution is 5.00. The van der Waals surface area contributed by atoms with Crippen molar-refractivity contribution in [2.75, 3.05) is 0 Å². The van der Waals surface area contributed by atoms with Gasteiger partial charge >= 0.3 is 0 Å². The molecule has 0 aromatic carbocycles. The minimum absolute atomic E-state index is 0.659. The SMILES string of the molecule is C=CC(C)CC(CC)CC=CCC1C(CC)C1CCC(C)C. The van der Waals surface area contributed by atoms with Gasteiger partial charge in [-0.15, -0.1) is 6.58 Å². The third-order valence-electron chi connectivity index (χ3n) is 5.79. The summed E-state index contributed by atoms with van der Waals surface area (Å²) in [6.45, 7) is 15.6. The molecule has 0 nitrogen and oxygen atoms in total. The molecule has 1 rings (SSSR count). The zero-order valence-corrected chi connectivity index (χ0v) is 15.9. The van der Waals surface area contributed by atoms with Gasteiger partial charge in [0.25, 0.3) is 0 Å². The molecule has 0 spiro atoms. The molecule has 0 amide bonds. The van der Waals surface area contributed by atoms with Crippen molar-refractivity contribution in [1.82, 2.24) is 0 Å². The molecule has 0 saturated heterocycles. The third kappa shape index (κ3) is 6.71. The molecule has 0 aromatic heterocycles. The van der Waals surface area contributed by atoms with E-state index in [1.54, 1.807) is 0 Å². The lowest BCUT2D eigenvalue weighted by Crippen LogP contribution is -2.02. The minimum Gasteiger partial charge on any atom is -0.103 e. The van der Waals surface area contributed by atoms with Crippen molar-refractivity contribution < 1.29 is 0 Å². The van der Waals surface area contributed by atoms with E-state index in [2.05, 4.69) is 59.4 Å². The summed E-state index contributed by atoms with van der Waals surface area (Å²) in [5, 5.41) is 0. The Morgan fingerprint density at radius 1 is 1.00 bits per heavy atom. The van der Waals surface area contributed by atoms with E-state index in [1.807, 2.05) is 0 Å². The number of hydrogen-bond donors (Lipinski definition) is 0. The van der Waals surface area contributed by atoms with Gasteiger partial charge in [-0.1, -0.05) is 72.1 Å². The highest BCUT2D eigenvalue weighted by atomic mass is 14.5. The summed E-state index contributed by atoms with van der Waals surface area (Å²) in [5.74, 6) is 5.40. The van der Waals surface area contributed by atoms with Crippen molar-refractivity contribution in [2.45, 2.75) is 79.6 Å². The van der Waals surface area contributed by atoms with Gasteiger partial charge in [-0.05, 0) is 61.2 Å². The monoisotopic (exact) mass is 304 g/mol. The summed E-state index contributed by atoms with van der Waals surface area (Å²) < 4.78 is 0. The summed E-state index contributed by atoms with van der Waals surface area (Å²) in [4.78, 5) is 0. The van der Waals surface area contributed by atoms with Crippen LogP contribution in [0.4, 0.5) is 0 Å². The molecule has 0 radical (unpaired) electrons. The first-order chi connectivity index (χ1) is 10.5. The van der Waals surface area contributed by atoms with Crippen molar-refractivity contribution in [3.8, 4) is 0 Å². The van der Waals surface area contributed by atoms with E-state index in [9.17, 15) is 0 Å². The van der Waals surface area contributed by atoms with E-state index < -0.39 is 0 Å². The average molecular weight is 305 g/mol. The van der Waals surface area contributed by atoms with Crippen LogP contribution in [0.25, 0.3) is 0 Å². The van der Waals surface area contributed by atoms with Crippen molar-refractivity contribution in [3.05, 3.63) is 24.8 Å². The van der Waals surface area contributed by atoms with Gasteiger partial charge < -0.3 is 0 Å². The Balaban J connectivity index is 2.28. The Hall–Kier alpha value is -0.520. The molecule has 0 aliphatic heterocycles. The van der Waals surface area contributed by atoms with Gasteiger partial charge in [0.15, 0.2) is 0 Å². The van der Waals surface area contributed by atoms with Gasteiger partial charge in [-0.25, -0.2) is 0 Å². The van der Waals surface area contributed by atoms with Crippen LogP contribution in [0.15, 0.2) is 24.8 Å². The quantitative estimate of drug-likeness (QED) is 0.332. The molecule has 1 aliphatic rings. The maximum atomic E-state index is 3.91. The predicted molar refractivity (Wildman–Crippen MR) is 101 cm³/mol. The van der Waals surface area contributed by atoms with Crippen LogP contribution in [0.2, 0.25) is 0 Å². The molecule has 0 heterocycles. The minimum atomic E-state index is 0.659. The van der Waals surface area contributed by atoms with Crippen LogP contribution in [0.1, 0.15) is 79.6 Å². The fourth-order valence-electron chi connectivity index (χ4n) is 4.03. The van der Waals surface area contributed by atoms with Crippen LogP contribution in [0.5, 0.6) is 0 Å². The molecule has 1 saturated carbocycles. The lowest BCUT2D eigenvalue weighted by atomic mass is 9.91. The zero-order chi connectivity index (χ0) is 16.5. The maximum absolute atomic E-state index is 3.91. The Morgan fingerprint density at radius 2 is 1.73 bits per heavy atom. The predicted octanol–water partition coefficient (Wildman–Crippen LogP) is 7.27. The molecule has 5 unspecified atom stereocenters. The third-order valence-corrected chi connectivity index (χ3v) is 5.79. The van der Waals surface area contributed by atoms with E-state index in [0.29, 0.717) is 5.92 Å². The Labute approximate surface area is 140 Å². The first-order valence-electron chi connectivity index (χ1n) is 9.80. The Morgan fingerprint density at radius 3 is 2.27 bits per heavy atom. The molecule has 0 N–H and O–H groups in total. The molecule has 1 aliphatic carbocycles. The standard InChI is InChI=1S/C22H40/c1-7-18(6)16-19(8-2)12-10-11-13-21-20(9-3)22(21)15-14-17(4)5/h7,10-11,17-22H,1,8-9,12-16H2,2-6H3. The van der Waals surface area contributed by atoms with E-state index in [4.69, 9.17) is 0 Å². The summed E-state index contributed by atoms with van der Waals surface area (Å²) in [6, 6.07) is 0. The van der Waals surface area contributed by atoms with Crippen LogP contribution < -0.4 is 0 Å². The normalized spacial score (nSPS) is 27.3. The van der Waals surface area contributed by atoms with E-state index >= 15 is 0 Å². The molecule has 0 aromatic rings. The lowest BCUT2D eigenvalue weighted by molar-refractivity contribution is 0.424. The van der Waals surface area contributed by atoms with Gasteiger partial charge in [0.2, 0.25) is 0 Å². The molecule has 1 fully saturated rings. The molecular formula is C22H40. The van der Waals surface area contributed by atoms with Crippen LogP contribution in [0.3, 0.4) is 0 Å².